The van der Waals surface area contributed by atoms with Gasteiger partial charge in [-0.3, -0.25) is 28.6 Å². The van der Waals surface area contributed by atoms with Crippen LogP contribution in [0.2, 0.25) is 0 Å². The summed E-state index contributed by atoms with van der Waals surface area (Å²) in [6.45, 7) is 0. The highest BCUT2D eigenvalue weighted by atomic mass is 32.2. The van der Waals surface area contributed by atoms with Crippen LogP contribution in [0, 0.1) is 20.2 Å². The van der Waals surface area contributed by atoms with Crippen molar-refractivity contribution in [2.45, 2.75) is 25.0 Å². The molecule has 0 aliphatic carbocycles. The third-order valence-corrected chi connectivity index (χ3v) is 5.34. The molecule has 2 unspecified atom stereocenters. The molecule has 14 heteroatoms. The Hall–Kier alpha value is -2.94. The molecule has 0 radical (unpaired) electrons. The Balaban J connectivity index is 2.39. The van der Waals surface area contributed by atoms with Gasteiger partial charge in [-0.25, -0.2) is 0 Å². The summed E-state index contributed by atoms with van der Waals surface area (Å²) in [7, 11) is -7.98. The molecule has 0 bridgehead atoms. The van der Waals surface area contributed by atoms with E-state index in [1.54, 1.807) is 0 Å². The molecule has 0 saturated carbocycles. The number of non-ortho nitro benzene ring substituents is 2. The van der Waals surface area contributed by atoms with E-state index in [4.69, 9.17) is 8.37 Å². The predicted molar refractivity (Wildman–Crippen MR) is 113 cm³/mol. The first-order valence-electron chi connectivity index (χ1n) is 9.00. The Bertz CT molecular complexity index is 1120. The van der Waals surface area contributed by atoms with Gasteiger partial charge in [-0.15, -0.1) is 0 Å². The van der Waals surface area contributed by atoms with Gasteiger partial charge in [0.05, 0.1) is 22.4 Å². The van der Waals surface area contributed by atoms with Crippen LogP contribution in [-0.4, -0.2) is 39.2 Å². The van der Waals surface area contributed by atoms with Crippen LogP contribution < -0.4 is 0 Å². The van der Waals surface area contributed by atoms with Crippen molar-refractivity contribution in [3.05, 3.63) is 79.9 Å². The normalized spacial score (nSPS) is 13.9. The lowest BCUT2D eigenvalue weighted by molar-refractivity contribution is -0.385. The fourth-order valence-electron chi connectivity index (χ4n) is 2.94. The summed E-state index contributed by atoms with van der Waals surface area (Å²) in [5.74, 6) is 0. The second kappa shape index (κ2) is 10.1. The van der Waals surface area contributed by atoms with E-state index in [2.05, 4.69) is 0 Å². The van der Waals surface area contributed by atoms with Crippen LogP contribution in [0.3, 0.4) is 0 Å². The van der Waals surface area contributed by atoms with Crippen molar-refractivity contribution in [3.63, 3.8) is 0 Å². The maximum absolute atomic E-state index is 11.7. The van der Waals surface area contributed by atoms with Crippen LogP contribution in [-0.2, 0) is 28.6 Å². The van der Waals surface area contributed by atoms with E-state index < -0.39 is 42.3 Å². The van der Waals surface area contributed by atoms with Gasteiger partial charge in [0.25, 0.3) is 31.6 Å². The molecule has 2 aromatic carbocycles. The number of hydrogen-bond donors (Lipinski definition) is 0. The third kappa shape index (κ3) is 7.96. The Kier molecular flexibility index (Phi) is 8.01. The van der Waals surface area contributed by atoms with Gasteiger partial charge < -0.3 is 0 Å². The van der Waals surface area contributed by atoms with Gasteiger partial charge in [-0.2, -0.15) is 16.8 Å². The van der Waals surface area contributed by atoms with Gasteiger partial charge in [0.1, 0.15) is 12.2 Å². The molecule has 12 nitrogen and oxygen atoms in total. The van der Waals surface area contributed by atoms with Gasteiger partial charge >= 0.3 is 0 Å². The topological polar surface area (TPSA) is 173 Å². The van der Waals surface area contributed by atoms with Gasteiger partial charge in [0.15, 0.2) is 0 Å². The third-order valence-electron chi connectivity index (χ3n) is 4.18. The van der Waals surface area contributed by atoms with Crippen molar-refractivity contribution in [2.75, 3.05) is 12.5 Å². The largest absolute Gasteiger partial charge is 0.269 e. The molecule has 0 aliphatic rings. The van der Waals surface area contributed by atoms with E-state index in [-0.39, 0.29) is 35.3 Å². The van der Waals surface area contributed by atoms with Gasteiger partial charge in [-0.1, -0.05) is 24.3 Å². The quantitative estimate of drug-likeness (QED) is 0.260. The minimum Gasteiger partial charge on any atom is -0.262 e. The van der Waals surface area contributed by atoms with Gasteiger partial charge in [0.2, 0.25) is 0 Å². The molecule has 174 valence electrons. The number of nitro groups is 2. The highest BCUT2D eigenvalue weighted by Gasteiger charge is 2.25. The molecule has 0 aromatic heterocycles. The molecule has 2 rings (SSSR count). The highest BCUT2D eigenvalue weighted by molar-refractivity contribution is 7.86. The van der Waals surface area contributed by atoms with E-state index in [1.807, 2.05) is 0 Å². The first-order chi connectivity index (χ1) is 14.7. The zero-order valence-corrected chi connectivity index (χ0v) is 18.6. The van der Waals surface area contributed by atoms with Crippen molar-refractivity contribution in [3.8, 4) is 0 Å². The summed E-state index contributed by atoms with van der Waals surface area (Å²) in [5.41, 5.74) is -0.206. The molecule has 0 fully saturated rings. The van der Waals surface area contributed by atoms with Gasteiger partial charge in [0, 0.05) is 24.3 Å². The lowest BCUT2D eigenvalue weighted by atomic mass is 9.98. The smallest absolute Gasteiger partial charge is 0.262 e. The molecule has 0 N–H and O–H groups in total. The van der Waals surface area contributed by atoms with E-state index >= 15 is 0 Å². The highest BCUT2D eigenvalue weighted by Crippen LogP contribution is 2.33. The van der Waals surface area contributed by atoms with E-state index in [9.17, 15) is 37.1 Å². The Morgan fingerprint density at radius 2 is 1.09 bits per heavy atom. The van der Waals surface area contributed by atoms with Crippen LogP contribution in [0.25, 0.3) is 0 Å². The number of benzene rings is 2. The first kappa shape index (κ1) is 25.3. The summed E-state index contributed by atoms with van der Waals surface area (Å²) in [6, 6.07) is 10.3. The number of hydrogen-bond acceptors (Lipinski definition) is 10. The second-order valence-corrected chi connectivity index (χ2v) is 10.1. The standard InChI is InChI=1S/C18H20N2O10S2/c1-31(25,26)29-17(13-5-3-7-15(11-13)19(21)22)9-10-18(30-32(2,27)28)14-6-4-8-16(12-14)20(23)24/h3-8,11-12,17-18H,9-10H2,1-2H3. The summed E-state index contributed by atoms with van der Waals surface area (Å²) in [6.07, 6.45) is -1.01. The number of nitro benzene ring substituents is 2. The van der Waals surface area contributed by atoms with Crippen LogP contribution in [0.1, 0.15) is 36.2 Å². The molecular weight excluding hydrogens is 468 g/mol. The van der Waals surface area contributed by atoms with Crippen LogP contribution >= 0.6 is 0 Å². The van der Waals surface area contributed by atoms with Crippen molar-refractivity contribution in [1.29, 1.82) is 0 Å². The summed E-state index contributed by atoms with van der Waals surface area (Å²) < 4.78 is 57.1. The molecule has 0 amide bonds. The predicted octanol–water partition coefficient (Wildman–Crippen LogP) is 3.02. The minimum atomic E-state index is -3.99. The maximum atomic E-state index is 11.7. The van der Waals surface area contributed by atoms with E-state index in [1.165, 1.54) is 36.4 Å². The lowest BCUT2D eigenvalue weighted by Crippen LogP contribution is -2.15. The van der Waals surface area contributed by atoms with Crippen molar-refractivity contribution in [1.82, 2.24) is 0 Å². The second-order valence-electron chi connectivity index (χ2n) is 6.86. The molecule has 0 aliphatic heterocycles. The Morgan fingerprint density at radius 3 is 1.38 bits per heavy atom. The van der Waals surface area contributed by atoms with E-state index in [0.29, 0.717) is 0 Å². The zero-order chi connectivity index (χ0) is 24.1. The number of rotatable bonds is 11. The monoisotopic (exact) mass is 488 g/mol. The molecule has 2 atom stereocenters. The van der Waals surface area contributed by atoms with E-state index in [0.717, 1.165) is 24.6 Å². The molecule has 32 heavy (non-hydrogen) atoms. The molecular formula is C18H20N2O10S2. The van der Waals surface area contributed by atoms with Crippen molar-refractivity contribution < 1.29 is 35.0 Å². The molecule has 0 spiro atoms. The molecule has 2 aromatic rings. The summed E-state index contributed by atoms with van der Waals surface area (Å²) >= 11 is 0. The van der Waals surface area contributed by atoms with Crippen LogP contribution in [0.5, 0.6) is 0 Å². The fourth-order valence-corrected chi connectivity index (χ4v) is 4.20. The molecule has 0 heterocycles. The maximum Gasteiger partial charge on any atom is 0.269 e. The Labute approximate surface area is 184 Å². The van der Waals surface area contributed by atoms with Crippen LogP contribution in [0.15, 0.2) is 48.5 Å². The minimum absolute atomic E-state index is 0.128. The van der Waals surface area contributed by atoms with Gasteiger partial charge in [-0.05, 0) is 24.0 Å². The summed E-state index contributed by atoms with van der Waals surface area (Å²) in [4.78, 5) is 20.8. The SMILES string of the molecule is CS(=O)(=O)OC(CCC(OS(C)(=O)=O)c1cccc([N+](=O)[O-])c1)c1cccc([N+](=O)[O-])c1. The van der Waals surface area contributed by atoms with Crippen molar-refractivity contribution in [2.24, 2.45) is 0 Å². The van der Waals surface area contributed by atoms with Crippen molar-refractivity contribution >= 4 is 31.6 Å². The van der Waals surface area contributed by atoms with Crippen LogP contribution in [0.4, 0.5) is 11.4 Å². The number of nitrogens with zero attached hydrogens (tertiary/aromatic N) is 2. The average Bonchev–Trinajstić information content (AvgIpc) is 2.68. The zero-order valence-electron chi connectivity index (χ0n) is 17.0. The summed E-state index contributed by atoms with van der Waals surface area (Å²) in [5, 5.41) is 22.1. The Morgan fingerprint density at radius 1 is 0.750 bits per heavy atom. The fraction of sp³-hybridized carbons (Fsp3) is 0.333. The molecule has 0 saturated heterocycles. The first-order valence-corrected chi connectivity index (χ1v) is 12.6. The average molecular weight is 488 g/mol. The lowest BCUT2D eigenvalue weighted by Gasteiger charge is -2.21.